The number of rotatable bonds is 0. The zero-order valence-electron chi connectivity index (χ0n) is 5.10. The maximum atomic E-state index is 5.19. The summed E-state index contributed by atoms with van der Waals surface area (Å²) in [6, 6.07) is 0. The summed E-state index contributed by atoms with van der Waals surface area (Å²) < 4.78 is 5.19. The van der Waals surface area contributed by atoms with Gasteiger partial charge in [-0.05, 0) is 19.3 Å². The van der Waals surface area contributed by atoms with E-state index >= 15 is 0 Å². The summed E-state index contributed by atoms with van der Waals surface area (Å²) in [5, 5.41) is 0. The van der Waals surface area contributed by atoms with Crippen LogP contribution in [0.2, 0.25) is 0 Å². The number of allylic oxidation sites excluding steroid dienone is 1. The van der Waals surface area contributed by atoms with Gasteiger partial charge in [0.1, 0.15) is 0 Å². The summed E-state index contributed by atoms with van der Waals surface area (Å²) in [6.45, 7) is 1.77. The first kappa shape index (κ1) is 5.83. The highest BCUT2D eigenvalue weighted by molar-refractivity contribution is 4.82. The summed E-state index contributed by atoms with van der Waals surface area (Å²) in [7, 11) is 0. The van der Waals surface area contributed by atoms with Crippen LogP contribution in [0, 0.1) is 0 Å². The Bertz CT molecular complexity index is 66.5. The van der Waals surface area contributed by atoms with E-state index in [4.69, 9.17) is 4.74 Å². The minimum absolute atomic E-state index is 0.819. The standard InChI is InChI=1S/C7H12O/c1-2-4-6-8-7-5-3-1/h2,4H,1,3,5-7H2/b4-2+. The van der Waals surface area contributed by atoms with Gasteiger partial charge in [0.2, 0.25) is 0 Å². The Kier molecular flexibility index (Phi) is 2.68. The van der Waals surface area contributed by atoms with Crippen molar-refractivity contribution in [3.63, 3.8) is 0 Å². The molecule has 0 bridgehead atoms. The number of hydrogen-bond acceptors (Lipinski definition) is 1. The van der Waals surface area contributed by atoms with E-state index in [-0.39, 0.29) is 0 Å². The Balaban J connectivity index is 2.17. The van der Waals surface area contributed by atoms with Crippen molar-refractivity contribution in [3.05, 3.63) is 12.2 Å². The van der Waals surface area contributed by atoms with E-state index in [1.54, 1.807) is 0 Å². The second-order valence-corrected chi connectivity index (χ2v) is 2.04. The van der Waals surface area contributed by atoms with E-state index < -0.39 is 0 Å². The molecular formula is C7H12O. The van der Waals surface area contributed by atoms with E-state index in [0.717, 1.165) is 13.2 Å². The van der Waals surface area contributed by atoms with E-state index in [2.05, 4.69) is 12.2 Å². The molecule has 46 valence electrons. The van der Waals surface area contributed by atoms with Gasteiger partial charge in [0.05, 0.1) is 6.61 Å². The molecule has 8 heavy (non-hydrogen) atoms. The predicted octanol–water partition coefficient (Wildman–Crippen LogP) is 1.74. The first-order valence-corrected chi connectivity index (χ1v) is 3.23. The lowest BCUT2D eigenvalue weighted by atomic mass is 10.2. The van der Waals surface area contributed by atoms with Gasteiger partial charge in [0.15, 0.2) is 0 Å². The van der Waals surface area contributed by atoms with Crippen molar-refractivity contribution < 1.29 is 4.74 Å². The summed E-state index contributed by atoms with van der Waals surface area (Å²) in [4.78, 5) is 0. The molecule has 1 heterocycles. The summed E-state index contributed by atoms with van der Waals surface area (Å²) in [5.74, 6) is 0. The monoisotopic (exact) mass is 112 g/mol. The summed E-state index contributed by atoms with van der Waals surface area (Å²) >= 11 is 0. The van der Waals surface area contributed by atoms with Crippen LogP contribution >= 0.6 is 0 Å². The molecule has 0 aromatic heterocycles. The van der Waals surface area contributed by atoms with Gasteiger partial charge in [-0.25, -0.2) is 0 Å². The number of ether oxygens (including phenoxy) is 1. The van der Waals surface area contributed by atoms with Crippen molar-refractivity contribution in [2.75, 3.05) is 13.2 Å². The third-order valence-corrected chi connectivity index (χ3v) is 1.29. The Labute approximate surface area is 50.3 Å². The molecule has 0 saturated carbocycles. The first-order chi connectivity index (χ1) is 4.00. The minimum Gasteiger partial charge on any atom is -0.377 e. The molecular weight excluding hydrogens is 100 g/mol. The SMILES string of the molecule is C1=C/COCCCC/1. The fraction of sp³-hybridized carbons (Fsp3) is 0.714. The molecule has 0 spiro atoms. The molecule has 0 aromatic rings. The van der Waals surface area contributed by atoms with E-state index in [9.17, 15) is 0 Å². The molecule has 0 aromatic carbocycles. The van der Waals surface area contributed by atoms with Gasteiger partial charge in [-0.2, -0.15) is 0 Å². The summed E-state index contributed by atoms with van der Waals surface area (Å²) in [5.41, 5.74) is 0. The van der Waals surface area contributed by atoms with Crippen LogP contribution in [0.5, 0.6) is 0 Å². The molecule has 0 unspecified atom stereocenters. The third kappa shape index (κ3) is 2.12. The van der Waals surface area contributed by atoms with E-state index in [1.807, 2.05) is 0 Å². The van der Waals surface area contributed by atoms with Crippen LogP contribution in [0.4, 0.5) is 0 Å². The Hall–Kier alpha value is -0.300. The minimum atomic E-state index is 0.819. The molecule has 0 saturated heterocycles. The lowest BCUT2D eigenvalue weighted by molar-refractivity contribution is 0.155. The molecule has 1 heteroatoms. The third-order valence-electron chi connectivity index (χ3n) is 1.29. The van der Waals surface area contributed by atoms with Gasteiger partial charge in [-0.1, -0.05) is 12.2 Å². The van der Waals surface area contributed by atoms with Gasteiger partial charge in [-0.15, -0.1) is 0 Å². The van der Waals surface area contributed by atoms with Gasteiger partial charge < -0.3 is 4.74 Å². The van der Waals surface area contributed by atoms with Crippen LogP contribution in [0.3, 0.4) is 0 Å². The van der Waals surface area contributed by atoms with Crippen LogP contribution < -0.4 is 0 Å². The smallest absolute Gasteiger partial charge is 0.0647 e. The van der Waals surface area contributed by atoms with Crippen LogP contribution in [0.1, 0.15) is 19.3 Å². The van der Waals surface area contributed by atoms with Crippen molar-refractivity contribution in [3.8, 4) is 0 Å². The highest BCUT2D eigenvalue weighted by Crippen LogP contribution is 2.00. The Morgan fingerprint density at radius 2 is 2.12 bits per heavy atom. The normalized spacial score (nSPS) is 26.0. The van der Waals surface area contributed by atoms with Crippen molar-refractivity contribution in [1.29, 1.82) is 0 Å². The lowest BCUT2D eigenvalue weighted by Crippen LogP contribution is -1.96. The highest BCUT2D eigenvalue weighted by atomic mass is 16.5. The average Bonchev–Trinajstić information content (AvgIpc) is 1.62. The molecule has 0 N–H and O–H groups in total. The average molecular weight is 112 g/mol. The van der Waals surface area contributed by atoms with Crippen molar-refractivity contribution in [1.82, 2.24) is 0 Å². The second kappa shape index (κ2) is 3.67. The van der Waals surface area contributed by atoms with Crippen LogP contribution in [0.15, 0.2) is 12.2 Å². The maximum absolute atomic E-state index is 5.19. The van der Waals surface area contributed by atoms with E-state index in [1.165, 1.54) is 19.3 Å². The fourth-order valence-electron chi connectivity index (χ4n) is 0.804. The van der Waals surface area contributed by atoms with Crippen LogP contribution in [0.25, 0.3) is 0 Å². The molecule has 1 nitrogen and oxygen atoms in total. The van der Waals surface area contributed by atoms with Crippen molar-refractivity contribution in [2.45, 2.75) is 19.3 Å². The topological polar surface area (TPSA) is 9.23 Å². The highest BCUT2D eigenvalue weighted by Gasteiger charge is 1.89. The second-order valence-electron chi connectivity index (χ2n) is 2.04. The number of hydrogen-bond donors (Lipinski definition) is 0. The van der Waals surface area contributed by atoms with Crippen LogP contribution in [-0.2, 0) is 4.74 Å². The molecule has 0 amide bonds. The molecule has 0 aliphatic carbocycles. The molecule has 0 atom stereocenters. The molecule has 0 radical (unpaired) electrons. The molecule has 0 fully saturated rings. The van der Waals surface area contributed by atoms with Gasteiger partial charge in [0, 0.05) is 6.61 Å². The van der Waals surface area contributed by atoms with Gasteiger partial charge in [0.25, 0.3) is 0 Å². The maximum Gasteiger partial charge on any atom is 0.0647 e. The zero-order valence-corrected chi connectivity index (χ0v) is 5.10. The zero-order chi connectivity index (χ0) is 5.66. The Morgan fingerprint density at radius 3 is 3.12 bits per heavy atom. The lowest BCUT2D eigenvalue weighted by Gasteiger charge is -2.02. The van der Waals surface area contributed by atoms with E-state index in [0.29, 0.717) is 0 Å². The fourth-order valence-corrected chi connectivity index (χ4v) is 0.804. The quantitative estimate of drug-likeness (QED) is 0.434. The summed E-state index contributed by atoms with van der Waals surface area (Å²) in [6.07, 6.45) is 8.04. The van der Waals surface area contributed by atoms with Gasteiger partial charge >= 0.3 is 0 Å². The van der Waals surface area contributed by atoms with Crippen molar-refractivity contribution >= 4 is 0 Å². The molecule has 1 aliphatic heterocycles. The van der Waals surface area contributed by atoms with Crippen LogP contribution in [-0.4, -0.2) is 13.2 Å². The molecule has 1 aliphatic rings. The Morgan fingerprint density at radius 1 is 1.12 bits per heavy atom. The van der Waals surface area contributed by atoms with Gasteiger partial charge in [-0.3, -0.25) is 0 Å². The van der Waals surface area contributed by atoms with Crippen molar-refractivity contribution in [2.24, 2.45) is 0 Å². The largest absolute Gasteiger partial charge is 0.377 e. The predicted molar refractivity (Wildman–Crippen MR) is 33.8 cm³/mol. The molecule has 1 rings (SSSR count). The first-order valence-electron chi connectivity index (χ1n) is 3.23.